The largest absolute Gasteiger partial charge is 0.359 e. The average Bonchev–Trinajstić information content (AvgIpc) is 3.54. The number of halogens is 2. The van der Waals surface area contributed by atoms with Crippen molar-refractivity contribution >= 4 is 46.6 Å². The number of amides is 3. The molecule has 1 spiro atoms. The number of ether oxygens (including phenoxy) is 1. The number of fused-ring (bicyclic) bond motifs is 1. The van der Waals surface area contributed by atoms with E-state index in [9.17, 15) is 14.4 Å². The Labute approximate surface area is 227 Å². The van der Waals surface area contributed by atoms with Crippen LogP contribution in [0, 0.1) is 11.8 Å². The Morgan fingerprint density at radius 3 is 2.35 bits per heavy atom. The summed E-state index contributed by atoms with van der Waals surface area (Å²) < 4.78 is 6.47. The molecule has 198 valence electrons. The number of nitrogens with zero attached hydrogens (tertiary/aromatic N) is 1. The number of hydrogen-bond acceptors (Lipinski definition) is 4. The van der Waals surface area contributed by atoms with Crippen molar-refractivity contribution in [1.82, 2.24) is 10.2 Å². The van der Waals surface area contributed by atoms with Crippen molar-refractivity contribution in [3.63, 3.8) is 0 Å². The van der Waals surface area contributed by atoms with E-state index < -0.39 is 29.6 Å². The highest BCUT2D eigenvalue weighted by Crippen LogP contribution is 2.56. The van der Waals surface area contributed by atoms with E-state index in [2.05, 4.69) is 10.6 Å². The van der Waals surface area contributed by atoms with Crippen LogP contribution in [0.2, 0.25) is 10.0 Å². The quantitative estimate of drug-likeness (QED) is 0.517. The lowest BCUT2D eigenvalue weighted by molar-refractivity contribution is -0.144. The van der Waals surface area contributed by atoms with Crippen LogP contribution in [-0.2, 0) is 19.1 Å². The molecule has 6 rings (SSSR count). The van der Waals surface area contributed by atoms with Gasteiger partial charge in [-0.25, -0.2) is 0 Å². The van der Waals surface area contributed by atoms with Gasteiger partial charge in [-0.15, -0.1) is 0 Å². The molecule has 3 heterocycles. The number of carbonyl (C=O) groups is 3. The van der Waals surface area contributed by atoms with Gasteiger partial charge in [0.05, 0.1) is 28.0 Å². The SMILES string of the molecule is O=C(Nc1ccc(Cl)c(Cl)c1)[C@@H]1[C@@H]2C=C[C@]3(O2)[C@@H]1C(=O)N(C1CCCCC1)[C@@H]3C(=O)NC1CCCCC1. The molecule has 0 radical (unpaired) electrons. The summed E-state index contributed by atoms with van der Waals surface area (Å²) >= 11 is 12.2. The van der Waals surface area contributed by atoms with E-state index in [0.717, 1.165) is 57.8 Å². The summed E-state index contributed by atoms with van der Waals surface area (Å²) in [6.07, 6.45) is 13.4. The minimum atomic E-state index is -1.13. The number of anilines is 1. The van der Waals surface area contributed by atoms with Crippen LogP contribution in [0.15, 0.2) is 30.4 Å². The zero-order chi connectivity index (χ0) is 25.7. The average molecular weight is 546 g/mol. The van der Waals surface area contributed by atoms with Crippen LogP contribution >= 0.6 is 23.2 Å². The van der Waals surface area contributed by atoms with E-state index in [1.807, 2.05) is 12.2 Å². The zero-order valence-corrected chi connectivity index (χ0v) is 22.3. The number of carbonyl (C=O) groups excluding carboxylic acids is 3. The molecule has 9 heteroatoms. The number of hydrogen-bond donors (Lipinski definition) is 2. The van der Waals surface area contributed by atoms with E-state index in [-0.39, 0.29) is 29.8 Å². The van der Waals surface area contributed by atoms with Gasteiger partial charge in [-0.05, 0) is 43.9 Å². The third kappa shape index (κ3) is 4.27. The maximum Gasteiger partial charge on any atom is 0.246 e. The lowest BCUT2D eigenvalue weighted by Crippen LogP contribution is -2.58. The summed E-state index contributed by atoms with van der Waals surface area (Å²) in [7, 11) is 0. The fraction of sp³-hybridized carbons (Fsp3) is 0.607. The van der Waals surface area contributed by atoms with Crippen molar-refractivity contribution in [2.75, 3.05) is 5.32 Å². The summed E-state index contributed by atoms with van der Waals surface area (Å²) in [6.45, 7) is 0. The summed E-state index contributed by atoms with van der Waals surface area (Å²) in [4.78, 5) is 43.5. The van der Waals surface area contributed by atoms with Crippen LogP contribution in [0.1, 0.15) is 64.2 Å². The van der Waals surface area contributed by atoms with Crippen LogP contribution in [-0.4, -0.2) is 52.5 Å². The Morgan fingerprint density at radius 1 is 0.946 bits per heavy atom. The Morgan fingerprint density at radius 2 is 1.65 bits per heavy atom. The molecular formula is C28H33Cl2N3O4. The zero-order valence-electron chi connectivity index (χ0n) is 20.8. The van der Waals surface area contributed by atoms with Crippen molar-refractivity contribution in [3.8, 4) is 0 Å². The van der Waals surface area contributed by atoms with Gasteiger partial charge in [0.2, 0.25) is 17.7 Å². The first-order chi connectivity index (χ1) is 17.9. The second kappa shape index (κ2) is 9.90. The van der Waals surface area contributed by atoms with Gasteiger partial charge in [0.25, 0.3) is 0 Å². The molecule has 37 heavy (non-hydrogen) atoms. The molecule has 2 saturated heterocycles. The molecule has 3 aliphatic heterocycles. The third-order valence-corrected chi connectivity index (χ3v) is 9.71. The number of nitrogens with one attached hydrogen (secondary N) is 2. The van der Waals surface area contributed by atoms with Gasteiger partial charge in [0.1, 0.15) is 11.6 Å². The molecular weight excluding hydrogens is 513 g/mol. The fourth-order valence-corrected chi connectivity index (χ4v) is 7.58. The standard InChI is InChI=1S/C28H33Cl2N3O4/c29-19-12-11-17(15-20(19)30)32-25(34)22-21-13-14-28(37-21)23(22)27(36)33(18-9-5-2-6-10-18)24(28)26(35)31-16-7-3-1-4-8-16/h11-16,18,21-24H,1-10H2,(H,31,35)(H,32,34)/t21-,22+,23-,24+,28-/m0/s1. The van der Waals surface area contributed by atoms with Crippen molar-refractivity contribution in [2.24, 2.45) is 11.8 Å². The van der Waals surface area contributed by atoms with Crippen molar-refractivity contribution in [2.45, 2.75) is 94.0 Å². The predicted octanol–water partition coefficient (Wildman–Crippen LogP) is 4.86. The van der Waals surface area contributed by atoms with Gasteiger partial charge >= 0.3 is 0 Å². The van der Waals surface area contributed by atoms with E-state index in [1.165, 1.54) is 6.42 Å². The minimum Gasteiger partial charge on any atom is -0.359 e. The van der Waals surface area contributed by atoms with Gasteiger partial charge in [-0.1, -0.05) is 73.9 Å². The first-order valence-electron chi connectivity index (χ1n) is 13.6. The normalized spacial score (nSPS) is 33.6. The maximum atomic E-state index is 14.2. The Hall–Kier alpha value is -2.09. The van der Waals surface area contributed by atoms with Gasteiger partial charge < -0.3 is 20.3 Å². The van der Waals surface area contributed by atoms with E-state index >= 15 is 0 Å². The van der Waals surface area contributed by atoms with Crippen molar-refractivity contribution in [1.29, 1.82) is 0 Å². The topological polar surface area (TPSA) is 87.7 Å². The molecule has 1 aromatic carbocycles. The molecule has 0 aromatic heterocycles. The molecule has 1 aromatic rings. The van der Waals surface area contributed by atoms with Crippen LogP contribution in [0.4, 0.5) is 5.69 Å². The van der Waals surface area contributed by atoms with Crippen molar-refractivity contribution in [3.05, 3.63) is 40.4 Å². The molecule has 7 nitrogen and oxygen atoms in total. The molecule has 2 N–H and O–H groups in total. The third-order valence-electron chi connectivity index (χ3n) is 8.97. The molecule has 0 unspecified atom stereocenters. The summed E-state index contributed by atoms with van der Waals surface area (Å²) in [5.74, 6) is -2.08. The van der Waals surface area contributed by atoms with E-state index in [0.29, 0.717) is 15.7 Å². The Balaban J connectivity index is 1.31. The van der Waals surface area contributed by atoms with Gasteiger partial charge in [-0.3, -0.25) is 14.4 Å². The highest BCUT2D eigenvalue weighted by atomic mass is 35.5. The second-order valence-electron chi connectivity index (χ2n) is 11.2. The predicted molar refractivity (Wildman–Crippen MR) is 141 cm³/mol. The van der Waals surface area contributed by atoms with Crippen LogP contribution in [0.25, 0.3) is 0 Å². The second-order valence-corrected chi connectivity index (χ2v) is 12.0. The highest BCUT2D eigenvalue weighted by Gasteiger charge is 2.73. The van der Waals surface area contributed by atoms with E-state index in [1.54, 1.807) is 23.1 Å². The summed E-state index contributed by atoms with van der Waals surface area (Å²) in [5.41, 5.74) is -0.626. The minimum absolute atomic E-state index is 0.0156. The molecule has 4 fully saturated rings. The lowest BCUT2D eigenvalue weighted by atomic mass is 9.74. The number of benzene rings is 1. The maximum absolute atomic E-state index is 14.2. The monoisotopic (exact) mass is 545 g/mol. The summed E-state index contributed by atoms with van der Waals surface area (Å²) in [6, 6.07) is 4.23. The Kier molecular flexibility index (Phi) is 6.74. The van der Waals surface area contributed by atoms with Crippen LogP contribution < -0.4 is 10.6 Å². The fourth-order valence-electron chi connectivity index (χ4n) is 7.29. The summed E-state index contributed by atoms with van der Waals surface area (Å²) in [5, 5.41) is 6.89. The molecule has 5 aliphatic rings. The van der Waals surface area contributed by atoms with Crippen LogP contribution in [0.3, 0.4) is 0 Å². The van der Waals surface area contributed by atoms with Crippen LogP contribution in [0.5, 0.6) is 0 Å². The first kappa shape index (κ1) is 25.2. The highest BCUT2D eigenvalue weighted by molar-refractivity contribution is 6.42. The van der Waals surface area contributed by atoms with Gasteiger partial charge in [0.15, 0.2) is 0 Å². The lowest BCUT2D eigenvalue weighted by Gasteiger charge is -2.39. The van der Waals surface area contributed by atoms with Crippen molar-refractivity contribution < 1.29 is 19.1 Å². The smallest absolute Gasteiger partial charge is 0.246 e. The molecule has 3 amide bonds. The number of likely N-dealkylation sites (tertiary alicyclic amines) is 1. The van der Waals surface area contributed by atoms with E-state index in [4.69, 9.17) is 27.9 Å². The Bertz CT molecular complexity index is 1130. The molecule has 2 saturated carbocycles. The first-order valence-corrected chi connectivity index (χ1v) is 14.4. The molecule has 2 bridgehead atoms. The van der Waals surface area contributed by atoms with Gasteiger partial charge in [-0.2, -0.15) is 0 Å². The number of rotatable bonds is 5. The van der Waals surface area contributed by atoms with Gasteiger partial charge in [0, 0.05) is 17.8 Å². The molecule has 2 aliphatic carbocycles. The molecule has 5 atom stereocenters.